The predicted octanol–water partition coefficient (Wildman–Crippen LogP) is 3.07. The third kappa shape index (κ3) is 3.36. The molecule has 0 radical (unpaired) electrons. The van der Waals surface area contributed by atoms with Gasteiger partial charge in [-0.05, 0) is 43.9 Å². The van der Waals surface area contributed by atoms with Crippen molar-refractivity contribution in [1.29, 1.82) is 0 Å². The van der Waals surface area contributed by atoms with Crippen molar-refractivity contribution in [3.8, 4) is 0 Å². The molecule has 0 aromatic heterocycles. The number of nitrogens with one attached hydrogen (secondary N) is 1. The third-order valence-corrected chi connectivity index (χ3v) is 4.94. The van der Waals surface area contributed by atoms with Crippen molar-refractivity contribution < 1.29 is 4.79 Å². The maximum absolute atomic E-state index is 12.7. The Bertz CT molecular complexity index is 523. The first-order chi connectivity index (χ1) is 9.58. The smallest absolute Gasteiger partial charge is 0.226 e. The molecule has 1 aliphatic carbocycles. The predicted molar refractivity (Wildman–Crippen MR) is 88.2 cm³/mol. The van der Waals surface area contributed by atoms with E-state index in [0.717, 1.165) is 24.5 Å². The van der Waals surface area contributed by atoms with E-state index in [1.807, 2.05) is 18.2 Å². The zero-order chi connectivity index (χ0) is 14.3. The number of nitrogens with zero attached hydrogens (tertiary/aromatic N) is 1. The zero-order valence-corrected chi connectivity index (χ0v) is 14.0. The Labute approximate surface area is 137 Å². The number of piperazine rings is 1. The molecule has 1 aliphatic heterocycles. The lowest BCUT2D eigenvalue weighted by molar-refractivity contribution is -0.136. The van der Waals surface area contributed by atoms with Crippen LogP contribution in [0.25, 0.3) is 0 Å². The number of halogens is 2. The summed E-state index contributed by atoms with van der Waals surface area (Å²) in [7, 11) is 0. The summed E-state index contributed by atoms with van der Waals surface area (Å²) in [6, 6.07) is 8.56. The Balaban J connectivity index is 0.00000161. The molecule has 1 saturated heterocycles. The summed E-state index contributed by atoms with van der Waals surface area (Å²) in [5.41, 5.74) is 1.20. The highest BCUT2D eigenvalue weighted by molar-refractivity contribution is 6.30. The van der Waals surface area contributed by atoms with Crippen LogP contribution in [0.15, 0.2) is 24.3 Å². The fourth-order valence-electron chi connectivity index (χ4n) is 3.15. The molecule has 4 atom stereocenters. The summed E-state index contributed by atoms with van der Waals surface area (Å²) >= 11 is 6.03. The van der Waals surface area contributed by atoms with Crippen LogP contribution in [-0.2, 0) is 4.79 Å². The molecule has 0 spiro atoms. The third-order valence-electron chi connectivity index (χ3n) is 4.70. The lowest BCUT2D eigenvalue weighted by Crippen LogP contribution is -2.57. The van der Waals surface area contributed by atoms with Crippen molar-refractivity contribution in [2.45, 2.75) is 38.3 Å². The molecule has 4 unspecified atom stereocenters. The Morgan fingerprint density at radius 2 is 2.14 bits per heavy atom. The zero-order valence-electron chi connectivity index (χ0n) is 12.4. The molecule has 3 rings (SSSR count). The van der Waals surface area contributed by atoms with Gasteiger partial charge in [0.15, 0.2) is 0 Å². The number of rotatable bonds is 2. The fourth-order valence-corrected chi connectivity index (χ4v) is 3.35. The molecular weight excluding hydrogens is 307 g/mol. The number of carbonyl (C=O) groups excluding carboxylic acids is 1. The number of amides is 1. The van der Waals surface area contributed by atoms with Gasteiger partial charge in [-0.2, -0.15) is 0 Å². The Hall–Kier alpha value is -0.770. The van der Waals surface area contributed by atoms with E-state index in [4.69, 9.17) is 11.6 Å². The molecule has 1 aromatic rings. The van der Waals surface area contributed by atoms with E-state index in [9.17, 15) is 4.79 Å². The number of hydrogen-bond donors (Lipinski definition) is 1. The summed E-state index contributed by atoms with van der Waals surface area (Å²) < 4.78 is 0. The average molecular weight is 329 g/mol. The van der Waals surface area contributed by atoms with Gasteiger partial charge in [0.05, 0.1) is 0 Å². The molecule has 1 amide bonds. The molecule has 116 valence electrons. The first kappa shape index (κ1) is 16.6. The van der Waals surface area contributed by atoms with E-state index in [1.54, 1.807) is 0 Å². The van der Waals surface area contributed by atoms with Crippen LogP contribution in [-0.4, -0.2) is 36.0 Å². The Kier molecular flexibility index (Phi) is 5.18. The fraction of sp³-hybridized carbons (Fsp3) is 0.562. The minimum atomic E-state index is 0. The van der Waals surface area contributed by atoms with Gasteiger partial charge in [0.2, 0.25) is 5.91 Å². The molecule has 2 fully saturated rings. The van der Waals surface area contributed by atoms with Crippen LogP contribution in [0.4, 0.5) is 0 Å². The van der Waals surface area contributed by atoms with Crippen LogP contribution in [0.5, 0.6) is 0 Å². The van der Waals surface area contributed by atoms with Gasteiger partial charge in [0, 0.05) is 36.1 Å². The van der Waals surface area contributed by atoms with Crippen molar-refractivity contribution >= 4 is 29.9 Å². The van der Waals surface area contributed by atoms with Gasteiger partial charge in [-0.3, -0.25) is 4.79 Å². The first-order valence-corrected chi connectivity index (χ1v) is 7.75. The van der Waals surface area contributed by atoms with Gasteiger partial charge in [-0.1, -0.05) is 23.7 Å². The SMILES string of the molecule is CC1NCCN(C(=O)C2CC2c2cccc(Cl)c2)C1C.Cl. The van der Waals surface area contributed by atoms with E-state index in [2.05, 4.69) is 30.1 Å². The van der Waals surface area contributed by atoms with Crippen LogP contribution < -0.4 is 5.32 Å². The summed E-state index contributed by atoms with van der Waals surface area (Å²) in [5.74, 6) is 0.829. The van der Waals surface area contributed by atoms with Crippen LogP contribution in [0.3, 0.4) is 0 Å². The van der Waals surface area contributed by atoms with E-state index in [1.165, 1.54) is 5.56 Å². The van der Waals surface area contributed by atoms with E-state index in [0.29, 0.717) is 17.9 Å². The molecule has 0 bridgehead atoms. The highest BCUT2D eigenvalue weighted by atomic mass is 35.5. The molecule has 3 nitrogen and oxygen atoms in total. The summed E-state index contributed by atoms with van der Waals surface area (Å²) in [4.78, 5) is 14.7. The second kappa shape index (κ2) is 6.55. The topological polar surface area (TPSA) is 32.3 Å². The molecule has 5 heteroatoms. The minimum absolute atomic E-state index is 0. The van der Waals surface area contributed by atoms with Crippen molar-refractivity contribution in [1.82, 2.24) is 10.2 Å². The second-order valence-corrected chi connectivity index (χ2v) is 6.46. The van der Waals surface area contributed by atoms with Crippen molar-refractivity contribution in [3.63, 3.8) is 0 Å². The second-order valence-electron chi connectivity index (χ2n) is 6.02. The van der Waals surface area contributed by atoms with E-state index < -0.39 is 0 Å². The highest BCUT2D eigenvalue weighted by Crippen LogP contribution is 2.49. The van der Waals surface area contributed by atoms with Gasteiger partial charge in [0.25, 0.3) is 0 Å². The van der Waals surface area contributed by atoms with Crippen molar-refractivity contribution in [2.24, 2.45) is 5.92 Å². The van der Waals surface area contributed by atoms with E-state index >= 15 is 0 Å². The largest absolute Gasteiger partial charge is 0.337 e. The lowest BCUT2D eigenvalue weighted by atomic mass is 10.0. The average Bonchev–Trinajstić information content (AvgIpc) is 3.21. The minimum Gasteiger partial charge on any atom is -0.337 e. The molecule has 2 aliphatic rings. The maximum Gasteiger partial charge on any atom is 0.226 e. The molecule has 1 heterocycles. The van der Waals surface area contributed by atoms with Gasteiger partial charge in [-0.15, -0.1) is 12.4 Å². The monoisotopic (exact) mass is 328 g/mol. The Morgan fingerprint density at radius 1 is 1.38 bits per heavy atom. The molecule has 1 N–H and O–H groups in total. The number of benzene rings is 1. The number of carbonyl (C=O) groups is 1. The molecule has 21 heavy (non-hydrogen) atoms. The van der Waals surface area contributed by atoms with Crippen LogP contribution >= 0.6 is 24.0 Å². The molecular formula is C16H22Cl2N2O. The first-order valence-electron chi connectivity index (χ1n) is 7.37. The number of hydrogen-bond acceptors (Lipinski definition) is 2. The quantitative estimate of drug-likeness (QED) is 0.904. The van der Waals surface area contributed by atoms with Crippen LogP contribution in [0.1, 0.15) is 31.7 Å². The van der Waals surface area contributed by atoms with Gasteiger partial charge in [0.1, 0.15) is 0 Å². The van der Waals surface area contributed by atoms with Crippen LogP contribution in [0.2, 0.25) is 5.02 Å². The standard InChI is InChI=1S/C16H21ClN2O.ClH/c1-10-11(2)19(7-6-18-10)16(20)15-9-14(15)12-4-3-5-13(17)8-12;/h3-5,8,10-11,14-15,18H,6-7,9H2,1-2H3;1H. The summed E-state index contributed by atoms with van der Waals surface area (Å²) in [6.07, 6.45) is 0.963. The Morgan fingerprint density at radius 3 is 2.86 bits per heavy atom. The van der Waals surface area contributed by atoms with Crippen molar-refractivity contribution in [3.05, 3.63) is 34.9 Å². The van der Waals surface area contributed by atoms with Gasteiger partial charge < -0.3 is 10.2 Å². The van der Waals surface area contributed by atoms with E-state index in [-0.39, 0.29) is 24.4 Å². The summed E-state index contributed by atoms with van der Waals surface area (Å²) in [6.45, 7) is 5.99. The summed E-state index contributed by atoms with van der Waals surface area (Å²) in [5, 5.41) is 4.17. The molecule has 1 saturated carbocycles. The van der Waals surface area contributed by atoms with Crippen molar-refractivity contribution in [2.75, 3.05) is 13.1 Å². The van der Waals surface area contributed by atoms with Gasteiger partial charge >= 0.3 is 0 Å². The highest BCUT2D eigenvalue weighted by Gasteiger charge is 2.47. The van der Waals surface area contributed by atoms with Gasteiger partial charge in [-0.25, -0.2) is 0 Å². The van der Waals surface area contributed by atoms with Crippen LogP contribution in [0, 0.1) is 5.92 Å². The maximum atomic E-state index is 12.7. The lowest BCUT2D eigenvalue weighted by Gasteiger charge is -2.38. The molecule has 1 aromatic carbocycles. The normalized spacial score (nSPS) is 31.5.